The van der Waals surface area contributed by atoms with E-state index in [1.54, 1.807) is 11.6 Å². The molecular weight excluding hydrogens is 346 g/mol. The highest BCUT2D eigenvalue weighted by molar-refractivity contribution is 5.98. The number of carbonyl (C=O) groups excluding carboxylic acids is 1. The minimum absolute atomic E-state index is 0.550. The van der Waals surface area contributed by atoms with Crippen molar-refractivity contribution in [2.24, 2.45) is 0 Å². The molecule has 0 spiro atoms. The zero-order valence-electron chi connectivity index (χ0n) is 15.8. The van der Waals surface area contributed by atoms with Crippen LogP contribution in [-0.2, 0) is 4.79 Å². The molecule has 0 saturated heterocycles. The van der Waals surface area contributed by atoms with Crippen LogP contribution >= 0.6 is 0 Å². The van der Waals surface area contributed by atoms with E-state index in [4.69, 9.17) is 5.21 Å². The fourth-order valence-electron chi connectivity index (χ4n) is 3.25. The molecule has 0 heterocycles. The van der Waals surface area contributed by atoms with Gasteiger partial charge in [0.2, 0.25) is 0 Å². The minimum atomic E-state index is -0.550. The SMILES string of the molecule is CC/C(=C(\c1ccccc1)c1ccc(/C=C/C(=O)NO)cc1)c1ccccc1. The fourth-order valence-corrected chi connectivity index (χ4v) is 3.25. The molecule has 28 heavy (non-hydrogen) atoms. The quantitative estimate of drug-likeness (QED) is 0.258. The Morgan fingerprint density at radius 1 is 0.821 bits per heavy atom. The molecule has 2 N–H and O–H groups in total. The second kappa shape index (κ2) is 9.49. The molecule has 0 radical (unpaired) electrons. The summed E-state index contributed by atoms with van der Waals surface area (Å²) in [5, 5.41) is 8.60. The number of rotatable bonds is 6. The highest BCUT2D eigenvalue weighted by Crippen LogP contribution is 2.34. The Hall–Kier alpha value is -3.43. The second-order valence-electron chi connectivity index (χ2n) is 6.37. The van der Waals surface area contributed by atoms with Gasteiger partial charge in [-0.15, -0.1) is 0 Å². The Bertz CT molecular complexity index is 972. The summed E-state index contributed by atoms with van der Waals surface area (Å²) in [5.74, 6) is -0.550. The summed E-state index contributed by atoms with van der Waals surface area (Å²) in [5.41, 5.74) is 8.48. The van der Waals surface area contributed by atoms with Gasteiger partial charge in [0.15, 0.2) is 0 Å². The van der Waals surface area contributed by atoms with E-state index in [0.29, 0.717) is 0 Å². The standard InChI is InChI=1S/C25H23NO2/c1-2-23(20-9-5-3-6-10-20)25(21-11-7-4-8-12-21)22-16-13-19(14-17-22)15-18-24(27)26-28/h3-18,28H,2H2,1H3,(H,26,27)/b18-15+,25-23-. The van der Waals surface area contributed by atoms with Gasteiger partial charge in [-0.05, 0) is 45.9 Å². The van der Waals surface area contributed by atoms with E-state index in [9.17, 15) is 4.79 Å². The average molecular weight is 369 g/mol. The predicted octanol–water partition coefficient (Wildman–Crippen LogP) is 5.57. The largest absolute Gasteiger partial charge is 0.288 e. The summed E-state index contributed by atoms with van der Waals surface area (Å²) >= 11 is 0. The van der Waals surface area contributed by atoms with Crippen LogP contribution in [0.5, 0.6) is 0 Å². The molecule has 140 valence electrons. The summed E-state index contributed by atoms with van der Waals surface area (Å²) in [6.45, 7) is 2.18. The first-order valence-electron chi connectivity index (χ1n) is 9.29. The maximum Gasteiger partial charge on any atom is 0.267 e. The Kier molecular flexibility index (Phi) is 6.55. The van der Waals surface area contributed by atoms with Gasteiger partial charge in [0, 0.05) is 6.08 Å². The fraction of sp³-hybridized carbons (Fsp3) is 0.0800. The van der Waals surface area contributed by atoms with Gasteiger partial charge in [-0.25, -0.2) is 5.48 Å². The van der Waals surface area contributed by atoms with Gasteiger partial charge < -0.3 is 0 Å². The average Bonchev–Trinajstić information content (AvgIpc) is 2.77. The van der Waals surface area contributed by atoms with E-state index in [-0.39, 0.29) is 0 Å². The molecule has 0 saturated carbocycles. The van der Waals surface area contributed by atoms with Crippen molar-refractivity contribution in [3.63, 3.8) is 0 Å². The van der Waals surface area contributed by atoms with Gasteiger partial charge in [-0.3, -0.25) is 10.0 Å². The molecule has 1 amide bonds. The lowest BCUT2D eigenvalue weighted by molar-refractivity contribution is -0.124. The lowest BCUT2D eigenvalue weighted by Gasteiger charge is -2.16. The van der Waals surface area contributed by atoms with Crippen LogP contribution in [0.25, 0.3) is 17.2 Å². The van der Waals surface area contributed by atoms with Crippen LogP contribution in [0.3, 0.4) is 0 Å². The van der Waals surface area contributed by atoms with E-state index in [1.165, 1.54) is 28.3 Å². The normalized spacial score (nSPS) is 11.9. The topological polar surface area (TPSA) is 49.3 Å². The summed E-state index contributed by atoms with van der Waals surface area (Å²) in [6.07, 6.45) is 3.87. The van der Waals surface area contributed by atoms with Crippen molar-refractivity contribution in [2.75, 3.05) is 0 Å². The van der Waals surface area contributed by atoms with E-state index in [1.807, 2.05) is 24.3 Å². The second-order valence-corrected chi connectivity index (χ2v) is 6.37. The molecule has 0 bridgehead atoms. The third-order valence-corrected chi connectivity index (χ3v) is 4.58. The van der Waals surface area contributed by atoms with Gasteiger partial charge >= 0.3 is 0 Å². The molecule has 0 aliphatic rings. The first kappa shape index (κ1) is 19.3. The van der Waals surface area contributed by atoms with Gasteiger partial charge in [0.25, 0.3) is 5.91 Å². The summed E-state index contributed by atoms with van der Waals surface area (Å²) in [4.78, 5) is 11.2. The summed E-state index contributed by atoms with van der Waals surface area (Å²) in [7, 11) is 0. The number of nitrogens with one attached hydrogen (secondary N) is 1. The predicted molar refractivity (Wildman–Crippen MR) is 114 cm³/mol. The highest BCUT2D eigenvalue weighted by atomic mass is 16.5. The number of carbonyl (C=O) groups is 1. The van der Waals surface area contributed by atoms with Gasteiger partial charge in [0.05, 0.1) is 0 Å². The lowest BCUT2D eigenvalue weighted by atomic mass is 9.88. The van der Waals surface area contributed by atoms with Crippen molar-refractivity contribution in [3.8, 4) is 0 Å². The number of hydrogen-bond acceptors (Lipinski definition) is 2. The van der Waals surface area contributed by atoms with Crippen molar-refractivity contribution in [3.05, 3.63) is 113 Å². The number of allylic oxidation sites excluding steroid dienone is 1. The lowest BCUT2D eigenvalue weighted by Crippen LogP contribution is -2.14. The first-order valence-corrected chi connectivity index (χ1v) is 9.29. The molecule has 0 fully saturated rings. The molecule has 3 heteroatoms. The van der Waals surface area contributed by atoms with Crippen LogP contribution in [0.4, 0.5) is 0 Å². The summed E-state index contributed by atoms with van der Waals surface area (Å²) < 4.78 is 0. The third-order valence-electron chi connectivity index (χ3n) is 4.58. The number of amides is 1. The zero-order valence-corrected chi connectivity index (χ0v) is 15.8. The molecule has 0 aliphatic heterocycles. The third kappa shape index (κ3) is 4.64. The zero-order chi connectivity index (χ0) is 19.8. The van der Waals surface area contributed by atoms with Crippen LogP contribution in [0.15, 0.2) is 91.0 Å². The van der Waals surface area contributed by atoms with E-state index in [0.717, 1.165) is 17.5 Å². The Labute approximate surface area is 165 Å². The molecule has 3 rings (SSSR count). The van der Waals surface area contributed by atoms with Gasteiger partial charge in [-0.2, -0.15) is 0 Å². The molecule has 0 atom stereocenters. The van der Waals surface area contributed by atoms with Crippen molar-refractivity contribution in [1.82, 2.24) is 5.48 Å². The van der Waals surface area contributed by atoms with E-state index < -0.39 is 5.91 Å². The monoisotopic (exact) mass is 369 g/mol. The van der Waals surface area contributed by atoms with Gasteiger partial charge in [0.1, 0.15) is 0 Å². The van der Waals surface area contributed by atoms with Crippen LogP contribution < -0.4 is 5.48 Å². The van der Waals surface area contributed by atoms with E-state index >= 15 is 0 Å². The Morgan fingerprint density at radius 3 is 1.89 bits per heavy atom. The Balaban J connectivity index is 2.09. The number of hydroxylamine groups is 1. The van der Waals surface area contributed by atoms with Crippen LogP contribution in [0.2, 0.25) is 0 Å². The molecule has 3 aromatic rings. The van der Waals surface area contributed by atoms with Crippen molar-refractivity contribution in [1.29, 1.82) is 0 Å². The maximum absolute atomic E-state index is 11.2. The van der Waals surface area contributed by atoms with Crippen molar-refractivity contribution in [2.45, 2.75) is 13.3 Å². The molecule has 0 unspecified atom stereocenters. The molecule has 0 aliphatic carbocycles. The van der Waals surface area contributed by atoms with Crippen molar-refractivity contribution >= 4 is 23.1 Å². The Morgan fingerprint density at radius 2 is 1.36 bits per heavy atom. The number of benzene rings is 3. The van der Waals surface area contributed by atoms with Crippen LogP contribution in [0, 0.1) is 0 Å². The molecule has 3 nitrogen and oxygen atoms in total. The maximum atomic E-state index is 11.2. The smallest absolute Gasteiger partial charge is 0.267 e. The van der Waals surface area contributed by atoms with Gasteiger partial charge in [-0.1, -0.05) is 91.9 Å². The summed E-state index contributed by atoms with van der Waals surface area (Å²) in [6, 6.07) is 28.9. The number of hydrogen-bond donors (Lipinski definition) is 2. The first-order chi connectivity index (χ1) is 13.7. The van der Waals surface area contributed by atoms with Crippen LogP contribution in [-0.4, -0.2) is 11.1 Å². The molecular formula is C25H23NO2. The molecule has 3 aromatic carbocycles. The van der Waals surface area contributed by atoms with Crippen molar-refractivity contribution < 1.29 is 10.0 Å². The van der Waals surface area contributed by atoms with Crippen LogP contribution in [0.1, 0.15) is 35.6 Å². The highest BCUT2D eigenvalue weighted by Gasteiger charge is 2.12. The van der Waals surface area contributed by atoms with E-state index in [2.05, 4.69) is 67.6 Å². The molecule has 0 aromatic heterocycles. The minimum Gasteiger partial charge on any atom is -0.288 e.